The number of H-pyrrole nitrogens is 1. The Bertz CT molecular complexity index is 904. The Morgan fingerprint density at radius 1 is 1.26 bits per heavy atom. The average molecular weight is 389 g/mol. The molecule has 0 atom stereocenters. The molecule has 1 saturated heterocycles. The third kappa shape index (κ3) is 3.90. The monoisotopic (exact) mass is 388 g/mol. The molecule has 0 radical (unpaired) electrons. The van der Waals surface area contributed by atoms with Gasteiger partial charge in [-0.25, -0.2) is 9.97 Å². The minimum absolute atomic E-state index is 0.00607. The molecule has 7 nitrogen and oxygen atoms in total. The molecule has 0 unspecified atom stereocenters. The number of benzene rings is 1. The third-order valence-electron chi connectivity index (χ3n) is 4.79. The van der Waals surface area contributed by atoms with E-state index in [0.717, 1.165) is 30.2 Å². The third-order valence-corrected chi connectivity index (χ3v) is 5.12. The Morgan fingerprint density at radius 2 is 1.96 bits per heavy atom. The fourth-order valence-corrected chi connectivity index (χ4v) is 3.36. The zero-order valence-electron chi connectivity index (χ0n) is 15.6. The normalized spacial score (nSPS) is 16.1. The molecule has 0 bridgehead atoms. The molecule has 0 spiro atoms. The maximum Gasteiger partial charge on any atom is 0.202 e. The van der Waals surface area contributed by atoms with Crippen molar-refractivity contribution in [2.24, 2.45) is 5.73 Å². The largest absolute Gasteiger partial charge is 0.394 e. The lowest BCUT2D eigenvalue weighted by molar-refractivity contribution is 0.170. The molecule has 3 heterocycles. The smallest absolute Gasteiger partial charge is 0.202 e. The van der Waals surface area contributed by atoms with Gasteiger partial charge in [0.1, 0.15) is 11.3 Å². The summed E-state index contributed by atoms with van der Waals surface area (Å²) in [5.74, 6) is 0.768. The van der Waals surface area contributed by atoms with Crippen LogP contribution in [0.4, 0.5) is 5.82 Å². The van der Waals surface area contributed by atoms with Crippen molar-refractivity contribution < 1.29 is 5.11 Å². The minimum atomic E-state index is -0.488. The highest BCUT2D eigenvalue weighted by Gasteiger charge is 2.30. The number of aliphatic hydroxyl groups is 1. The second-order valence-corrected chi connectivity index (χ2v) is 6.89. The summed E-state index contributed by atoms with van der Waals surface area (Å²) >= 11 is 6.27. The lowest BCUT2D eigenvalue weighted by atomic mass is 9.90. The van der Waals surface area contributed by atoms with Gasteiger partial charge in [-0.3, -0.25) is 5.10 Å². The molecule has 0 aliphatic carbocycles. The first-order valence-corrected chi connectivity index (χ1v) is 9.58. The van der Waals surface area contributed by atoms with Gasteiger partial charge in [0.2, 0.25) is 5.65 Å². The zero-order chi connectivity index (χ0) is 19.4. The molecule has 0 saturated carbocycles. The summed E-state index contributed by atoms with van der Waals surface area (Å²) in [4.78, 5) is 11.3. The fourth-order valence-electron chi connectivity index (χ4n) is 3.13. The number of aromatic nitrogens is 4. The number of nitrogens with two attached hydrogens (primary N) is 1. The maximum atomic E-state index is 9.39. The Hall–Kier alpha value is -2.22. The molecular weight excluding hydrogens is 364 g/mol. The van der Waals surface area contributed by atoms with Crippen molar-refractivity contribution in [1.29, 1.82) is 0 Å². The van der Waals surface area contributed by atoms with E-state index in [1.807, 2.05) is 38.1 Å². The Kier molecular flexibility index (Phi) is 5.94. The summed E-state index contributed by atoms with van der Waals surface area (Å²) in [5.41, 5.74) is 8.50. The Morgan fingerprint density at radius 3 is 2.63 bits per heavy atom. The molecule has 8 heteroatoms. The van der Waals surface area contributed by atoms with Gasteiger partial charge in [-0.05, 0) is 18.9 Å². The molecule has 1 fully saturated rings. The van der Waals surface area contributed by atoms with E-state index >= 15 is 0 Å². The van der Waals surface area contributed by atoms with Crippen molar-refractivity contribution in [2.45, 2.75) is 32.2 Å². The van der Waals surface area contributed by atoms with Crippen molar-refractivity contribution in [3.63, 3.8) is 0 Å². The van der Waals surface area contributed by atoms with Crippen LogP contribution in [0.15, 0.2) is 30.5 Å². The van der Waals surface area contributed by atoms with E-state index in [1.165, 1.54) is 0 Å². The second kappa shape index (κ2) is 8.21. The highest BCUT2D eigenvalue weighted by Crippen LogP contribution is 2.31. The van der Waals surface area contributed by atoms with E-state index in [4.69, 9.17) is 17.3 Å². The lowest BCUT2D eigenvalue weighted by Gasteiger charge is -2.38. The molecule has 1 aliphatic rings. The molecule has 0 amide bonds. The van der Waals surface area contributed by atoms with E-state index in [2.05, 4.69) is 25.1 Å². The number of fused-ring (bicyclic) bond motifs is 1. The van der Waals surface area contributed by atoms with E-state index in [1.54, 1.807) is 6.20 Å². The van der Waals surface area contributed by atoms with Crippen molar-refractivity contribution in [3.05, 3.63) is 35.5 Å². The molecule has 27 heavy (non-hydrogen) atoms. The summed E-state index contributed by atoms with van der Waals surface area (Å²) in [6, 6.07) is 7.56. The molecular formula is C19H25ClN6O. The molecule has 144 valence electrons. The van der Waals surface area contributed by atoms with Crippen LogP contribution in [-0.2, 0) is 0 Å². The van der Waals surface area contributed by atoms with E-state index < -0.39 is 5.54 Å². The van der Waals surface area contributed by atoms with E-state index in [0.29, 0.717) is 29.0 Å². The quantitative estimate of drug-likeness (QED) is 0.637. The van der Waals surface area contributed by atoms with Crippen LogP contribution in [0.25, 0.3) is 22.4 Å². The number of nitrogens with zero attached hydrogens (tertiary/aromatic N) is 4. The van der Waals surface area contributed by atoms with Gasteiger partial charge in [-0.15, -0.1) is 0 Å². The first kappa shape index (κ1) is 19.5. The zero-order valence-corrected chi connectivity index (χ0v) is 16.4. The van der Waals surface area contributed by atoms with Crippen molar-refractivity contribution >= 4 is 28.6 Å². The molecule has 4 rings (SSSR count). The number of hydrogen-bond acceptors (Lipinski definition) is 6. The van der Waals surface area contributed by atoms with Gasteiger partial charge in [0.15, 0.2) is 0 Å². The molecule has 3 aromatic rings. The first-order valence-electron chi connectivity index (χ1n) is 9.20. The number of rotatable bonds is 3. The number of halogens is 1. The van der Waals surface area contributed by atoms with Crippen LogP contribution in [-0.4, -0.2) is 50.5 Å². The molecule has 1 aromatic carbocycles. The van der Waals surface area contributed by atoms with Crippen LogP contribution in [0, 0.1) is 0 Å². The fraction of sp³-hybridized carbons (Fsp3) is 0.421. The van der Waals surface area contributed by atoms with Crippen LogP contribution in [0.2, 0.25) is 5.02 Å². The van der Waals surface area contributed by atoms with Crippen molar-refractivity contribution in [3.8, 4) is 11.3 Å². The van der Waals surface area contributed by atoms with Crippen LogP contribution >= 0.6 is 11.6 Å². The standard InChI is InChI=1S/C17H19ClN6O.C2H6/c18-12-4-2-1-3-11(12)14-15-16(23-22-14)21-13(9-20-15)24-7-5-17(19,10-25)6-8-24;1-2/h1-4,9,25H,5-8,10,19H2,(H,21,22,23);1-2H3. The maximum absolute atomic E-state index is 9.39. The molecule has 4 N–H and O–H groups in total. The van der Waals surface area contributed by atoms with Gasteiger partial charge in [-0.2, -0.15) is 5.10 Å². The van der Waals surface area contributed by atoms with E-state index in [-0.39, 0.29) is 6.61 Å². The van der Waals surface area contributed by atoms with Crippen LogP contribution in [0.5, 0.6) is 0 Å². The first-order chi connectivity index (χ1) is 13.1. The van der Waals surface area contributed by atoms with Crippen LogP contribution < -0.4 is 10.6 Å². The van der Waals surface area contributed by atoms with E-state index in [9.17, 15) is 5.11 Å². The Labute approximate surface area is 163 Å². The number of nitrogens with one attached hydrogen (secondary N) is 1. The molecule has 2 aromatic heterocycles. The predicted octanol–water partition coefficient (Wildman–Crippen LogP) is 2.99. The topological polar surface area (TPSA) is 104 Å². The Balaban J connectivity index is 0.00000102. The van der Waals surface area contributed by atoms with Crippen molar-refractivity contribution in [2.75, 3.05) is 24.6 Å². The van der Waals surface area contributed by atoms with Gasteiger partial charge >= 0.3 is 0 Å². The summed E-state index contributed by atoms with van der Waals surface area (Å²) in [7, 11) is 0. The number of aliphatic hydroxyl groups excluding tert-OH is 1. The average Bonchev–Trinajstić information content (AvgIpc) is 3.13. The minimum Gasteiger partial charge on any atom is -0.394 e. The lowest BCUT2D eigenvalue weighted by Crippen LogP contribution is -2.53. The van der Waals surface area contributed by atoms with Gasteiger partial charge in [0, 0.05) is 24.2 Å². The van der Waals surface area contributed by atoms with Crippen molar-refractivity contribution in [1.82, 2.24) is 20.2 Å². The molecule has 1 aliphatic heterocycles. The van der Waals surface area contributed by atoms with Crippen LogP contribution in [0.1, 0.15) is 26.7 Å². The number of aromatic amines is 1. The number of piperidine rings is 1. The number of anilines is 1. The van der Waals surface area contributed by atoms with Gasteiger partial charge in [0.25, 0.3) is 0 Å². The summed E-state index contributed by atoms with van der Waals surface area (Å²) < 4.78 is 0. The highest BCUT2D eigenvalue weighted by molar-refractivity contribution is 6.33. The SMILES string of the molecule is CC.NC1(CO)CCN(c2cnc3c(-c4ccccc4Cl)[nH]nc3n2)CC1. The van der Waals surface area contributed by atoms with Crippen LogP contribution in [0.3, 0.4) is 0 Å². The van der Waals surface area contributed by atoms with Gasteiger partial charge < -0.3 is 15.7 Å². The summed E-state index contributed by atoms with van der Waals surface area (Å²) in [5, 5.41) is 17.3. The van der Waals surface area contributed by atoms with Gasteiger partial charge in [-0.1, -0.05) is 43.6 Å². The second-order valence-electron chi connectivity index (χ2n) is 6.49. The summed E-state index contributed by atoms with van der Waals surface area (Å²) in [6.45, 7) is 5.48. The number of hydrogen-bond donors (Lipinski definition) is 3. The summed E-state index contributed by atoms with van der Waals surface area (Å²) in [6.07, 6.45) is 3.18. The highest BCUT2D eigenvalue weighted by atomic mass is 35.5. The predicted molar refractivity (Wildman–Crippen MR) is 109 cm³/mol. The van der Waals surface area contributed by atoms with Gasteiger partial charge in [0.05, 0.1) is 23.5 Å².